The molecule has 21 heavy (non-hydrogen) atoms. The zero-order valence-electron chi connectivity index (χ0n) is 11.2. The maximum atomic E-state index is 13.7. The Hall–Kier alpha value is -2.90. The van der Waals surface area contributed by atoms with Crippen LogP contribution in [0.5, 0.6) is 17.2 Å². The second-order valence-electron chi connectivity index (χ2n) is 4.15. The number of aromatic nitrogens is 1. The van der Waals surface area contributed by atoms with Crippen molar-refractivity contribution in [2.24, 2.45) is 0 Å². The van der Waals surface area contributed by atoms with Gasteiger partial charge in [-0.1, -0.05) is 0 Å². The molecule has 0 atom stereocenters. The van der Waals surface area contributed by atoms with E-state index in [2.05, 4.69) is 0 Å². The molecular formula is C13H11FN2O5. The summed E-state index contributed by atoms with van der Waals surface area (Å²) in [5.41, 5.74) is -0.400. The Balaban J connectivity index is 2.48. The van der Waals surface area contributed by atoms with Gasteiger partial charge in [-0.25, -0.2) is 0 Å². The highest BCUT2D eigenvalue weighted by molar-refractivity contribution is 5.53. The number of halogens is 1. The zero-order chi connectivity index (χ0) is 15.6. The summed E-state index contributed by atoms with van der Waals surface area (Å²) < 4.78 is 24.4. The van der Waals surface area contributed by atoms with Crippen LogP contribution in [0, 0.1) is 28.1 Å². The van der Waals surface area contributed by atoms with Crippen molar-refractivity contribution < 1.29 is 23.5 Å². The first-order valence-electron chi connectivity index (χ1n) is 5.82. The average Bonchev–Trinajstić information content (AvgIpc) is 2.41. The van der Waals surface area contributed by atoms with Crippen LogP contribution in [0.4, 0.5) is 10.1 Å². The van der Waals surface area contributed by atoms with Crippen LogP contribution in [-0.4, -0.2) is 12.0 Å². The van der Waals surface area contributed by atoms with Gasteiger partial charge in [0.1, 0.15) is 5.75 Å². The quantitative estimate of drug-likeness (QED) is 0.374. The Morgan fingerprint density at radius 1 is 1.29 bits per heavy atom. The van der Waals surface area contributed by atoms with Gasteiger partial charge in [0.05, 0.1) is 12.0 Å². The number of hydrogen-bond donors (Lipinski definition) is 0. The predicted molar refractivity (Wildman–Crippen MR) is 69.8 cm³/mol. The summed E-state index contributed by atoms with van der Waals surface area (Å²) in [6, 6.07) is 4.99. The number of pyridine rings is 1. The molecule has 1 aromatic carbocycles. The molecule has 0 bridgehead atoms. The van der Waals surface area contributed by atoms with Crippen LogP contribution >= 0.6 is 0 Å². The van der Waals surface area contributed by atoms with Crippen molar-refractivity contribution in [2.75, 3.05) is 7.11 Å². The van der Waals surface area contributed by atoms with Gasteiger partial charge in [-0.15, -0.1) is 0 Å². The number of methoxy groups -OCH3 is 1. The van der Waals surface area contributed by atoms with E-state index in [1.807, 2.05) is 0 Å². The Morgan fingerprint density at radius 2 is 2.00 bits per heavy atom. The van der Waals surface area contributed by atoms with E-state index >= 15 is 0 Å². The molecule has 2 aromatic rings. The van der Waals surface area contributed by atoms with Crippen LogP contribution in [0.25, 0.3) is 0 Å². The summed E-state index contributed by atoms with van der Waals surface area (Å²) in [6.07, 6.45) is 1.09. The van der Waals surface area contributed by atoms with Gasteiger partial charge in [-0.3, -0.25) is 10.1 Å². The standard InChI is InChI=1S/C13H11FN2O5/c1-8-3-4-9(7-15(8)17)21-12-6-10(20-2)5-11(14)13(12)16(18)19/h3-7H,1-2H3. The normalized spacial score (nSPS) is 10.2. The minimum Gasteiger partial charge on any atom is -0.618 e. The number of hydrogen-bond acceptors (Lipinski definition) is 5. The van der Waals surface area contributed by atoms with Gasteiger partial charge in [-0.05, 0) is 6.07 Å². The molecule has 1 heterocycles. The number of rotatable bonds is 4. The van der Waals surface area contributed by atoms with Crippen LogP contribution in [-0.2, 0) is 0 Å². The van der Waals surface area contributed by atoms with Gasteiger partial charge < -0.3 is 14.7 Å². The van der Waals surface area contributed by atoms with Crippen LogP contribution in [0.3, 0.4) is 0 Å². The van der Waals surface area contributed by atoms with E-state index in [4.69, 9.17) is 9.47 Å². The monoisotopic (exact) mass is 294 g/mol. The van der Waals surface area contributed by atoms with Crippen LogP contribution in [0.15, 0.2) is 30.5 Å². The third kappa shape index (κ3) is 2.99. The van der Waals surface area contributed by atoms with Crippen molar-refractivity contribution in [3.05, 3.63) is 57.3 Å². The number of nitro benzene ring substituents is 1. The summed E-state index contributed by atoms with van der Waals surface area (Å²) in [7, 11) is 1.29. The Kier molecular flexibility index (Phi) is 3.88. The van der Waals surface area contributed by atoms with Crippen LogP contribution in [0.1, 0.15) is 5.69 Å². The zero-order valence-corrected chi connectivity index (χ0v) is 11.2. The van der Waals surface area contributed by atoms with Gasteiger partial charge in [0.2, 0.25) is 17.8 Å². The highest BCUT2D eigenvalue weighted by Gasteiger charge is 2.24. The molecule has 0 radical (unpaired) electrons. The van der Waals surface area contributed by atoms with E-state index in [1.54, 1.807) is 6.92 Å². The summed E-state index contributed by atoms with van der Waals surface area (Å²) in [6.45, 7) is 1.59. The second-order valence-corrected chi connectivity index (χ2v) is 4.15. The highest BCUT2D eigenvalue weighted by atomic mass is 19.1. The summed E-state index contributed by atoms with van der Waals surface area (Å²) in [4.78, 5) is 10.0. The van der Waals surface area contributed by atoms with E-state index in [-0.39, 0.29) is 17.2 Å². The first-order chi connectivity index (χ1) is 9.92. The van der Waals surface area contributed by atoms with E-state index in [0.717, 1.165) is 12.3 Å². The van der Waals surface area contributed by atoms with E-state index in [9.17, 15) is 19.7 Å². The smallest absolute Gasteiger partial charge is 0.347 e. The van der Waals surface area contributed by atoms with Crippen molar-refractivity contribution in [1.29, 1.82) is 0 Å². The van der Waals surface area contributed by atoms with Crippen LogP contribution < -0.4 is 14.2 Å². The molecule has 0 saturated heterocycles. The fourth-order valence-corrected chi connectivity index (χ4v) is 1.65. The maximum absolute atomic E-state index is 13.7. The minimum absolute atomic E-state index is 0.0475. The van der Waals surface area contributed by atoms with Gasteiger partial charge >= 0.3 is 5.69 Å². The van der Waals surface area contributed by atoms with Crippen LogP contribution in [0.2, 0.25) is 0 Å². The number of nitrogens with zero attached hydrogens (tertiary/aromatic N) is 2. The number of benzene rings is 1. The Morgan fingerprint density at radius 3 is 2.57 bits per heavy atom. The average molecular weight is 294 g/mol. The van der Waals surface area contributed by atoms with E-state index in [1.165, 1.54) is 25.3 Å². The first kappa shape index (κ1) is 14.5. The van der Waals surface area contributed by atoms with Crippen molar-refractivity contribution in [3.63, 3.8) is 0 Å². The molecule has 0 saturated carbocycles. The Bertz CT molecular complexity index is 705. The third-order valence-electron chi connectivity index (χ3n) is 2.73. The molecule has 0 spiro atoms. The topological polar surface area (TPSA) is 88.5 Å². The lowest BCUT2D eigenvalue weighted by atomic mass is 10.2. The van der Waals surface area contributed by atoms with Crippen molar-refractivity contribution in [3.8, 4) is 17.2 Å². The molecule has 0 aliphatic carbocycles. The summed E-state index contributed by atoms with van der Waals surface area (Å²) >= 11 is 0. The highest BCUT2D eigenvalue weighted by Crippen LogP contribution is 2.36. The van der Waals surface area contributed by atoms with E-state index < -0.39 is 16.4 Å². The van der Waals surface area contributed by atoms with Gasteiger partial charge in [0, 0.05) is 25.1 Å². The second kappa shape index (κ2) is 5.61. The lowest BCUT2D eigenvalue weighted by Gasteiger charge is -2.09. The van der Waals surface area contributed by atoms with Crippen molar-refractivity contribution >= 4 is 5.69 Å². The van der Waals surface area contributed by atoms with Crippen molar-refractivity contribution in [2.45, 2.75) is 6.92 Å². The molecule has 7 nitrogen and oxygen atoms in total. The SMILES string of the molecule is COc1cc(F)c([N+](=O)[O-])c(Oc2ccc(C)[n+]([O-])c2)c1. The Labute approximate surface area is 118 Å². The van der Waals surface area contributed by atoms with Gasteiger partial charge in [0.25, 0.3) is 0 Å². The predicted octanol–water partition coefficient (Wildman–Crippen LogP) is 2.48. The minimum atomic E-state index is -1.09. The summed E-state index contributed by atoms with van der Waals surface area (Å²) in [5.74, 6) is -1.32. The molecular weight excluding hydrogens is 283 g/mol. The van der Waals surface area contributed by atoms with Crippen molar-refractivity contribution in [1.82, 2.24) is 0 Å². The molecule has 1 aromatic heterocycles. The molecule has 8 heteroatoms. The molecule has 0 aliphatic rings. The number of aryl methyl sites for hydroxylation is 1. The molecule has 0 N–H and O–H groups in total. The summed E-state index contributed by atoms with van der Waals surface area (Å²) in [5, 5.41) is 22.4. The largest absolute Gasteiger partial charge is 0.618 e. The molecule has 2 rings (SSSR count). The molecule has 0 aliphatic heterocycles. The van der Waals surface area contributed by atoms with Gasteiger partial charge in [0.15, 0.2) is 11.4 Å². The molecule has 0 unspecified atom stereocenters. The molecule has 0 fully saturated rings. The lowest BCUT2D eigenvalue weighted by molar-refractivity contribution is -0.612. The number of nitro groups is 1. The third-order valence-corrected chi connectivity index (χ3v) is 2.73. The van der Waals surface area contributed by atoms with E-state index in [0.29, 0.717) is 10.4 Å². The van der Waals surface area contributed by atoms with Gasteiger partial charge in [-0.2, -0.15) is 9.12 Å². The fourth-order valence-electron chi connectivity index (χ4n) is 1.65. The molecule has 0 amide bonds. The number of ether oxygens (including phenoxy) is 2. The first-order valence-corrected chi connectivity index (χ1v) is 5.82. The maximum Gasteiger partial charge on any atom is 0.347 e. The fraction of sp³-hybridized carbons (Fsp3) is 0.154. The molecule has 110 valence electrons. The lowest BCUT2D eigenvalue weighted by Crippen LogP contribution is -2.28.